The molecule has 2 aliphatic rings. The predicted octanol–water partition coefficient (Wildman–Crippen LogP) is 1.80. The molecule has 32 heavy (non-hydrogen) atoms. The number of aliphatic hydroxyl groups excluding tert-OH is 1. The maximum Gasteiger partial charge on any atom is 0.229 e. The Bertz CT molecular complexity index is 1060. The van der Waals surface area contributed by atoms with Crippen LogP contribution in [0.5, 0.6) is 5.75 Å². The summed E-state index contributed by atoms with van der Waals surface area (Å²) in [7, 11) is -3.40. The van der Waals surface area contributed by atoms with Gasteiger partial charge in [0.15, 0.2) is 0 Å². The Labute approximate surface area is 188 Å². The molecule has 9 heteroatoms. The molecule has 4 rings (SSSR count). The zero-order valence-electron chi connectivity index (χ0n) is 17.9. The maximum absolute atomic E-state index is 12.5. The van der Waals surface area contributed by atoms with Crippen molar-refractivity contribution in [3.63, 3.8) is 0 Å². The van der Waals surface area contributed by atoms with Crippen molar-refractivity contribution in [2.24, 2.45) is 0 Å². The molecule has 0 spiro atoms. The molecule has 0 aromatic heterocycles. The molecule has 1 fully saturated rings. The summed E-state index contributed by atoms with van der Waals surface area (Å²) in [4.78, 5) is 12.5. The Morgan fingerprint density at radius 1 is 1.19 bits per heavy atom. The topological polar surface area (TPSA) is 114 Å². The molecule has 4 atom stereocenters. The van der Waals surface area contributed by atoms with Crippen molar-refractivity contribution in [2.45, 2.75) is 43.5 Å². The van der Waals surface area contributed by atoms with Gasteiger partial charge in [-0.2, -0.15) is 0 Å². The fourth-order valence-corrected chi connectivity index (χ4v) is 4.99. The van der Waals surface area contributed by atoms with E-state index in [4.69, 9.17) is 9.47 Å². The van der Waals surface area contributed by atoms with E-state index < -0.39 is 16.1 Å². The van der Waals surface area contributed by atoms with Crippen LogP contribution in [-0.2, 0) is 26.0 Å². The Balaban J connectivity index is 1.40. The molecule has 3 N–H and O–H groups in total. The molecule has 2 aromatic carbocycles. The van der Waals surface area contributed by atoms with E-state index in [9.17, 15) is 18.3 Å². The van der Waals surface area contributed by atoms with Crippen LogP contribution in [0.2, 0.25) is 0 Å². The fraction of sp³-hybridized carbons (Fsp3) is 0.435. The summed E-state index contributed by atoms with van der Waals surface area (Å²) in [5.74, 6) is 0.445. The smallest absolute Gasteiger partial charge is 0.229 e. The van der Waals surface area contributed by atoms with Gasteiger partial charge in [0, 0.05) is 23.7 Å². The van der Waals surface area contributed by atoms with Gasteiger partial charge < -0.3 is 19.9 Å². The van der Waals surface area contributed by atoms with Gasteiger partial charge in [-0.3, -0.25) is 9.52 Å². The number of anilines is 1. The number of hydrogen-bond donors (Lipinski definition) is 3. The van der Waals surface area contributed by atoms with E-state index in [1.54, 1.807) is 18.2 Å². The summed E-state index contributed by atoms with van der Waals surface area (Å²) in [6.45, 7) is 0.313. The second-order valence-electron chi connectivity index (χ2n) is 8.32. The minimum absolute atomic E-state index is 0.0978. The van der Waals surface area contributed by atoms with Crippen LogP contribution in [0.15, 0.2) is 48.5 Å². The Kier molecular flexibility index (Phi) is 6.68. The Hall–Kier alpha value is -2.62. The van der Waals surface area contributed by atoms with Gasteiger partial charge in [0.1, 0.15) is 18.0 Å². The normalized spacial score (nSPS) is 24.2. The lowest BCUT2D eigenvalue weighted by molar-refractivity contribution is -0.142. The molecular formula is C23H28N2O6S. The first kappa shape index (κ1) is 22.6. The highest BCUT2D eigenvalue weighted by atomic mass is 32.2. The Morgan fingerprint density at radius 2 is 1.97 bits per heavy atom. The van der Waals surface area contributed by atoms with Crippen LogP contribution >= 0.6 is 0 Å². The van der Waals surface area contributed by atoms with Crippen molar-refractivity contribution < 1.29 is 27.8 Å². The number of nitrogens with one attached hydrogen (secondary N) is 2. The van der Waals surface area contributed by atoms with Crippen LogP contribution in [-0.4, -0.2) is 57.2 Å². The minimum atomic E-state index is -3.40. The lowest BCUT2D eigenvalue weighted by Gasteiger charge is -2.37. The average molecular weight is 461 g/mol. The molecule has 0 radical (unpaired) electrons. The van der Waals surface area contributed by atoms with Gasteiger partial charge in [-0.25, -0.2) is 8.42 Å². The van der Waals surface area contributed by atoms with Crippen molar-refractivity contribution >= 4 is 21.6 Å². The number of rotatable bonds is 8. The molecular weight excluding hydrogens is 432 g/mol. The van der Waals surface area contributed by atoms with Gasteiger partial charge in [0.25, 0.3) is 0 Å². The molecule has 2 aliphatic heterocycles. The van der Waals surface area contributed by atoms with Gasteiger partial charge in [-0.1, -0.05) is 30.3 Å². The van der Waals surface area contributed by atoms with E-state index >= 15 is 0 Å². The number of amides is 1. The van der Waals surface area contributed by atoms with Crippen molar-refractivity contribution in [3.05, 3.63) is 59.7 Å². The lowest BCUT2D eigenvalue weighted by atomic mass is 9.84. The number of carbonyl (C=O) groups excluding carboxylic acids is 1. The maximum atomic E-state index is 12.5. The highest BCUT2D eigenvalue weighted by molar-refractivity contribution is 7.92. The second-order valence-corrected chi connectivity index (χ2v) is 10.1. The molecule has 0 unspecified atom stereocenters. The first-order valence-corrected chi connectivity index (χ1v) is 12.6. The van der Waals surface area contributed by atoms with Gasteiger partial charge in [-0.05, 0) is 36.6 Å². The van der Waals surface area contributed by atoms with Gasteiger partial charge in [-0.15, -0.1) is 0 Å². The van der Waals surface area contributed by atoms with E-state index in [1.807, 2.05) is 30.3 Å². The van der Waals surface area contributed by atoms with Crippen molar-refractivity contribution in [1.82, 2.24) is 5.32 Å². The highest BCUT2D eigenvalue weighted by Gasteiger charge is 2.46. The number of aliphatic hydroxyl groups is 1. The van der Waals surface area contributed by atoms with E-state index in [0.717, 1.165) is 23.8 Å². The molecule has 0 bridgehead atoms. The number of ether oxygens (including phenoxy) is 2. The summed E-state index contributed by atoms with van der Waals surface area (Å²) >= 11 is 0. The third-order valence-corrected chi connectivity index (χ3v) is 6.40. The van der Waals surface area contributed by atoms with Gasteiger partial charge >= 0.3 is 0 Å². The third kappa shape index (κ3) is 5.40. The summed E-state index contributed by atoms with van der Waals surface area (Å²) in [6.07, 6.45) is 1.27. The van der Waals surface area contributed by atoms with E-state index in [1.165, 1.54) is 0 Å². The highest BCUT2D eigenvalue weighted by Crippen LogP contribution is 2.47. The van der Waals surface area contributed by atoms with Crippen LogP contribution in [0.25, 0.3) is 0 Å². The number of benzene rings is 2. The zero-order chi connectivity index (χ0) is 22.7. The molecule has 172 valence electrons. The SMILES string of the molecule is CS(=O)(=O)Nc1ccc2c(c1)[C@H]1C[C@H](CC(=O)NCCc3ccccc3)O[C@H](CO)[C@H]1O2. The molecule has 0 aliphatic carbocycles. The minimum Gasteiger partial charge on any atom is -0.487 e. The zero-order valence-corrected chi connectivity index (χ0v) is 18.7. The summed E-state index contributed by atoms with van der Waals surface area (Å²) < 4.78 is 37.7. The number of sulfonamides is 1. The summed E-state index contributed by atoms with van der Waals surface area (Å²) in [5.41, 5.74) is 2.47. The summed E-state index contributed by atoms with van der Waals surface area (Å²) in [5, 5.41) is 12.8. The van der Waals surface area contributed by atoms with Crippen molar-refractivity contribution in [2.75, 3.05) is 24.1 Å². The van der Waals surface area contributed by atoms with Crippen molar-refractivity contribution in [3.8, 4) is 5.75 Å². The first-order valence-electron chi connectivity index (χ1n) is 10.7. The third-order valence-electron chi connectivity index (χ3n) is 5.79. The van der Waals surface area contributed by atoms with E-state index in [0.29, 0.717) is 24.4 Å². The predicted molar refractivity (Wildman–Crippen MR) is 120 cm³/mol. The fourth-order valence-electron chi connectivity index (χ4n) is 4.44. The molecule has 1 saturated heterocycles. The number of fused-ring (bicyclic) bond motifs is 3. The first-order chi connectivity index (χ1) is 15.3. The second kappa shape index (κ2) is 9.48. The largest absolute Gasteiger partial charge is 0.487 e. The van der Waals surface area contributed by atoms with Crippen LogP contribution in [0.3, 0.4) is 0 Å². The molecule has 2 aromatic rings. The van der Waals surface area contributed by atoms with Crippen LogP contribution in [0.1, 0.15) is 29.9 Å². The standard InChI is InChI=1S/C23H28N2O6S/c1-32(28,29)25-16-7-8-20-18(11-16)19-12-17(30-21(14-26)23(19)31-20)13-22(27)24-10-9-15-5-3-2-4-6-15/h2-8,11,17,19,21,23,25-26H,9-10,12-14H2,1H3,(H,24,27)/t17-,19-,21-,23+/m1/s1. The van der Waals surface area contributed by atoms with Crippen LogP contribution in [0, 0.1) is 0 Å². The van der Waals surface area contributed by atoms with Crippen LogP contribution in [0.4, 0.5) is 5.69 Å². The van der Waals surface area contributed by atoms with Crippen LogP contribution < -0.4 is 14.8 Å². The average Bonchev–Trinajstić information content (AvgIpc) is 3.11. The monoisotopic (exact) mass is 460 g/mol. The number of carbonyl (C=O) groups is 1. The Morgan fingerprint density at radius 3 is 2.69 bits per heavy atom. The van der Waals surface area contributed by atoms with Gasteiger partial charge in [0.2, 0.25) is 15.9 Å². The summed E-state index contributed by atoms with van der Waals surface area (Å²) in [6, 6.07) is 15.1. The van der Waals surface area contributed by atoms with Crippen molar-refractivity contribution in [1.29, 1.82) is 0 Å². The molecule has 1 amide bonds. The number of hydrogen-bond acceptors (Lipinski definition) is 6. The van der Waals surface area contributed by atoms with E-state index in [2.05, 4.69) is 10.0 Å². The quantitative estimate of drug-likeness (QED) is 0.554. The van der Waals surface area contributed by atoms with Gasteiger partial charge in [0.05, 0.1) is 25.4 Å². The molecule has 0 saturated carbocycles. The molecule has 2 heterocycles. The molecule has 8 nitrogen and oxygen atoms in total. The van der Waals surface area contributed by atoms with E-state index in [-0.39, 0.29) is 37.1 Å². The lowest BCUT2D eigenvalue weighted by Crippen LogP contribution is -2.47.